The first-order valence-electron chi connectivity index (χ1n) is 7.80. The number of anilines is 1. The van der Waals surface area contributed by atoms with Crippen LogP contribution in [0.4, 0.5) is 5.69 Å². The van der Waals surface area contributed by atoms with Crippen LogP contribution in [0, 0.1) is 0 Å². The molecule has 2 aromatic rings. The molecule has 0 aliphatic carbocycles. The Kier molecular flexibility index (Phi) is 6.31. The molecule has 0 unspecified atom stereocenters. The fraction of sp³-hybridized carbons (Fsp3) is 0.278. The number of benzene rings is 2. The second-order valence-corrected chi connectivity index (χ2v) is 5.16. The summed E-state index contributed by atoms with van der Waals surface area (Å²) in [6.07, 6.45) is 0.0495. The molecule has 0 spiro atoms. The van der Waals surface area contributed by atoms with Gasteiger partial charge in [-0.1, -0.05) is 36.4 Å². The van der Waals surface area contributed by atoms with E-state index in [1.807, 2.05) is 42.5 Å². The Morgan fingerprint density at radius 1 is 0.958 bits per heavy atom. The van der Waals surface area contributed by atoms with E-state index < -0.39 is 5.97 Å². The van der Waals surface area contributed by atoms with Crippen molar-refractivity contribution in [2.75, 3.05) is 18.5 Å². The molecule has 0 bridgehead atoms. The maximum Gasteiger partial charge on any atom is 0.325 e. The van der Waals surface area contributed by atoms with Gasteiger partial charge < -0.3 is 15.4 Å². The summed E-state index contributed by atoms with van der Waals surface area (Å²) in [7, 11) is 0. The number of carbonyl (C=O) groups excluding carboxylic acids is 3. The number of nitrogens with one attached hydrogen (secondary N) is 2. The Labute approximate surface area is 140 Å². The van der Waals surface area contributed by atoms with Crippen LogP contribution in [0.5, 0.6) is 0 Å². The zero-order chi connectivity index (χ0) is 17.4. The number of rotatable bonds is 7. The van der Waals surface area contributed by atoms with E-state index in [-0.39, 0.29) is 37.8 Å². The van der Waals surface area contributed by atoms with E-state index in [9.17, 15) is 14.4 Å². The average Bonchev–Trinajstić information content (AvgIpc) is 2.59. The van der Waals surface area contributed by atoms with Gasteiger partial charge in [-0.15, -0.1) is 0 Å². The van der Waals surface area contributed by atoms with Crippen molar-refractivity contribution in [3.63, 3.8) is 0 Å². The minimum Gasteiger partial charge on any atom is -0.465 e. The molecule has 0 atom stereocenters. The summed E-state index contributed by atoms with van der Waals surface area (Å²) >= 11 is 0. The van der Waals surface area contributed by atoms with E-state index in [0.29, 0.717) is 5.69 Å². The third-order valence-corrected chi connectivity index (χ3v) is 3.38. The first-order valence-corrected chi connectivity index (χ1v) is 7.80. The van der Waals surface area contributed by atoms with Crippen LogP contribution >= 0.6 is 0 Å². The Balaban J connectivity index is 1.83. The lowest BCUT2D eigenvalue weighted by Gasteiger charge is -2.09. The molecule has 2 rings (SSSR count). The highest BCUT2D eigenvalue weighted by atomic mass is 16.5. The third-order valence-electron chi connectivity index (χ3n) is 3.38. The number of hydrogen-bond acceptors (Lipinski definition) is 4. The zero-order valence-electron chi connectivity index (χ0n) is 13.5. The molecule has 0 saturated heterocycles. The molecule has 2 N–H and O–H groups in total. The maximum absolute atomic E-state index is 12.0. The molecule has 0 heterocycles. The number of amides is 2. The Hall–Kier alpha value is -2.89. The van der Waals surface area contributed by atoms with E-state index >= 15 is 0 Å². The van der Waals surface area contributed by atoms with Gasteiger partial charge >= 0.3 is 5.97 Å². The normalized spacial score (nSPS) is 10.2. The van der Waals surface area contributed by atoms with Crippen LogP contribution in [-0.4, -0.2) is 30.9 Å². The van der Waals surface area contributed by atoms with E-state index in [4.69, 9.17) is 4.74 Å². The summed E-state index contributed by atoms with van der Waals surface area (Å²) in [4.78, 5) is 34.8. The summed E-state index contributed by atoms with van der Waals surface area (Å²) in [6.45, 7) is 1.77. The largest absolute Gasteiger partial charge is 0.465 e. The summed E-state index contributed by atoms with van der Waals surface area (Å²) in [5, 5.41) is 7.21. The quantitative estimate of drug-likeness (QED) is 0.763. The highest BCUT2D eigenvalue weighted by molar-refractivity contribution is 6.02. The van der Waals surface area contributed by atoms with Gasteiger partial charge in [0.25, 0.3) is 0 Å². The lowest BCUT2D eigenvalue weighted by atomic mass is 10.1. The molecular weight excluding hydrogens is 308 g/mol. The highest BCUT2D eigenvalue weighted by Gasteiger charge is 2.10. The molecule has 0 radical (unpaired) electrons. The van der Waals surface area contributed by atoms with Gasteiger partial charge in [0.05, 0.1) is 6.61 Å². The first kappa shape index (κ1) is 17.5. The predicted molar refractivity (Wildman–Crippen MR) is 91.5 cm³/mol. The Morgan fingerprint density at radius 2 is 1.67 bits per heavy atom. The van der Waals surface area contributed by atoms with Gasteiger partial charge in [-0.2, -0.15) is 0 Å². The van der Waals surface area contributed by atoms with Crippen molar-refractivity contribution in [1.82, 2.24) is 5.32 Å². The molecule has 6 nitrogen and oxygen atoms in total. The molecule has 0 fully saturated rings. The number of hydrogen-bond donors (Lipinski definition) is 2. The highest BCUT2D eigenvalue weighted by Crippen LogP contribution is 2.23. The number of carbonyl (C=O) groups is 3. The number of ether oxygens (including phenoxy) is 1. The smallest absolute Gasteiger partial charge is 0.325 e. The fourth-order valence-corrected chi connectivity index (χ4v) is 2.25. The molecule has 0 aliphatic rings. The van der Waals surface area contributed by atoms with Crippen LogP contribution < -0.4 is 10.6 Å². The fourth-order valence-electron chi connectivity index (χ4n) is 2.25. The zero-order valence-corrected chi connectivity index (χ0v) is 13.5. The van der Waals surface area contributed by atoms with Crippen LogP contribution in [0.3, 0.4) is 0 Å². The minimum absolute atomic E-state index is 0.00993. The Bertz CT molecular complexity index is 737. The van der Waals surface area contributed by atoms with E-state index in [1.165, 1.54) is 0 Å². The van der Waals surface area contributed by atoms with Gasteiger partial charge in [-0.25, -0.2) is 0 Å². The minimum atomic E-state index is -0.494. The summed E-state index contributed by atoms with van der Waals surface area (Å²) < 4.78 is 4.70. The van der Waals surface area contributed by atoms with E-state index in [0.717, 1.165) is 10.8 Å². The molecule has 6 heteroatoms. The van der Waals surface area contributed by atoms with E-state index in [2.05, 4.69) is 10.6 Å². The van der Waals surface area contributed by atoms with Crippen molar-refractivity contribution in [1.29, 1.82) is 0 Å². The molecule has 0 saturated carbocycles. The number of esters is 1. The average molecular weight is 328 g/mol. The molecule has 0 aliphatic heterocycles. The molecule has 2 aromatic carbocycles. The van der Waals surface area contributed by atoms with Crippen molar-refractivity contribution in [3.05, 3.63) is 42.5 Å². The lowest BCUT2D eigenvalue weighted by Crippen LogP contribution is -2.31. The maximum atomic E-state index is 12.0. The Morgan fingerprint density at radius 3 is 2.46 bits per heavy atom. The van der Waals surface area contributed by atoms with Crippen LogP contribution in [0.2, 0.25) is 0 Å². The topological polar surface area (TPSA) is 84.5 Å². The van der Waals surface area contributed by atoms with Gasteiger partial charge in [0.2, 0.25) is 11.8 Å². The van der Waals surface area contributed by atoms with Crippen LogP contribution in [0.15, 0.2) is 42.5 Å². The molecule has 2 amide bonds. The van der Waals surface area contributed by atoms with Crippen molar-refractivity contribution in [2.45, 2.75) is 19.8 Å². The van der Waals surface area contributed by atoms with Gasteiger partial charge in [0.15, 0.2) is 0 Å². The summed E-state index contributed by atoms with van der Waals surface area (Å²) in [5.74, 6) is -1.11. The number of fused-ring (bicyclic) bond motifs is 1. The molecular formula is C18H20N2O4. The monoisotopic (exact) mass is 328 g/mol. The van der Waals surface area contributed by atoms with Gasteiger partial charge in [0, 0.05) is 23.9 Å². The third kappa shape index (κ3) is 5.08. The molecule has 24 heavy (non-hydrogen) atoms. The van der Waals surface area contributed by atoms with Crippen LogP contribution in [-0.2, 0) is 19.1 Å². The van der Waals surface area contributed by atoms with Gasteiger partial charge in [-0.3, -0.25) is 14.4 Å². The van der Waals surface area contributed by atoms with Gasteiger partial charge in [0.1, 0.15) is 6.54 Å². The first-order chi connectivity index (χ1) is 11.6. The van der Waals surface area contributed by atoms with E-state index in [1.54, 1.807) is 6.92 Å². The summed E-state index contributed by atoms with van der Waals surface area (Å²) in [5.41, 5.74) is 0.713. The van der Waals surface area contributed by atoms with Crippen molar-refractivity contribution in [3.8, 4) is 0 Å². The van der Waals surface area contributed by atoms with Crippen molar-refractivity contribution in [2.24, 2.45) is 0 Å². The predicted octanol–water partition coefficient (Wildman–Crippen LogP) is 2.24. The standard InChI is InChI=1S/C18H20N2O4/c1-2-24-18(23)12-19-16(21)10-11-17(22)20-15-9-5-7-13-6-3-4-8-14(13)15/h3-9H,2,10-12H2,1H3,(H,19,21)(H,20,22). The summed E-state index contributed by atoms with van der Waals surface area (Å²) in [6, 6.07) is 13.4. The van der Waals surface area contributed by atoms with Crippen LogP contribution in [0.1, 0.15) is 19.8 Å². The van der Waals surface area contributed by atoms with Gasteiger partial charge in [-0.05, 0) is 18.4 Å². The molecule has 126 valence electrons. The SMILES string of the molecule is CCOC(=O)CNC(=O)CCC(=O)Nc1cccc2ccccc12. The second kappa shape index (κ2) is 8.67. The van der Waals surface area contributed by atoms with Crippen LogP contribution in [0.25, 0.3) is 10.8 Å². The molecule has 0 aromatic heterocycles. The second-order valence-electron chi connectivity index (χ2n) is 5.16. The van der Waals surface area contributed by atoms with Crippen molar-refractivity contribution >= 4 is 34.2 Å². The lowest BCUT2D eigenvalue weighted by molar-refractivity contribution is -0.143. The van der Waals surface area contributed by atoms with Crippen molar-refractivity contribution < 1.29 is 19.1 Å².